The second-order valence-corrected chi connectivity index (χ2v) is 13.3. The fraction of sp³-hybridized carbons (Fsp3) is 0.342. The molecule has 1 aromatic heterocycles. The predicted octanol–water partition coefficient (Wildman–Crippen LogP) is 2.77. The Kier molecular flexibility index (Phi) is 12.8. The highest BCUT2D eigenvalue weighted by molar-refractivity contribution is 6.14. The van der Waals surface area contributed by atoms with Gasteiger partial charge in [-0.15, -0.1) is 0 Å². The molecule has 2 atom stereocenters. The zero-order valence-corrected chi connectivity index (χ0v) is 29.1. The summed E-state index contributed by atoms with van der Waals surface area (Å²) in [7, 11) is 0. The number of hydrogen-bond donors (Lipinski definition) is 4. The predicted molar refractivity (Wildman–Crippen MR) is 191 cm³/mol. The van der Waals surface area contributed by atoms with E-state index in [-0.39, 0.29) is 26.1 Å². The summed E-state index contributed by atoms with van der Waals surface area (Å²) in [5.74, 6) is -3.18. The van der Waals surface area contributed by atoms with Crippen molar-refractivity contribution in [2.24, 2.45) is 11.1 Å². The van der Waals surface area contributed by atoms with Gasteiger partial charge in [0.1, 0.15) is 19.0 Å². The van der Waals surface area contributed by atoms with Gasteiger partial charge in [-0.2, -0.15) is 0 Å². The number of carbonyl (C=O) groups excluding carboxylic acids is 5. The molecule has 5 N–H and O–H groups in total. The van der Waals surface area contributed by atoms with Crippen LogP contribution in [0.3, 0.4) is 0 Å². The maximum atomic E-state index is 14.5. The lowest BCUT2D eigenvalue weighted by Crippen LogP contribution is -2.48. The minimum atomic E-state index is -1.03. The van der Waals surface area contributed by atoms with Crippen molar-refractivity contribution < 1.29 is 33.5 Å². The van der Waals surface area contributed by atoms with E-state index in [2.05, 4.69) is 17.2 Å². The van der Waals surface area contributed by atoms with Crippen LogP contribution in [0.25, 0.3) is 17.2 Å². The number of benzene rings is 2. The van der Waals surface area contributed by atoms with E-state index < -0.39 is 66.0 Å². The molecule has 0 unspecified atom stereocenters. The smallest absolute Gasteiger partial charge is 0.254 e. The van der Waals surface area contributed by atoms with Crippen molar-refractivity contribution in [2.45, 2.75) is 45.8 Å². The molecule has 0 aliphatic carbocycles. The molecular weight excluding hydrogens is 655 g/mol. The van der Waals surface area contributed by atoms with E-state index in [4.69, 9.17) is 5.73 Å². The van der Waals surface area contributed by atoms with Crippen LogP contribution in [0, 0.1) is 11.2 Å². The van der Waals surface area contributed by atoms with E-state index in [0.717, 1.165) is 39.4 Å². The average molecular weight is 701 g/mol. The molecular formula is C38H45FN6O6. The quantitative estimate of drug-likeness (QED) is 0.132. The van der Waals surface area contributed by atoms with Gasteiger partial charge < -0.3 is 30.9 Å². The van der Waals surface area contributed by atoms with E-state index in [1.807, 2.05) is 67.9 Å². The zero-order chi connectivity index (χ0) is 37.3. The van der Waals surface area contributed by atoms with E-state index in [9.17, 15) is 33.5 Å². The summed E-state index contributed by atoms with van der Waals surface area (Å²) in [5, 5.41) is 15.3. The first-order valence-corrected chi connectivity index (χ1v) is 16.6. The van der Waals surface area contributed by atoms with Crippen LogP contribution in [0.4, 0.5) is 4.39 Å². The molecule has 2 aromatic carbocycles. The molecule has 12 nitrogen and oxygen atoms in total. The summed E-state index contributed by atoms with van der Waals surface area (Å²) in [6, 6.07) is 14.5. The molecule has 3 aromatic rings. The van der Waals surface area contributed by atoms with Gasteiger partial charge in [-0.05, 0) is 46.7 Å². The number of aliphatic hydroxyl groups excluding tert-OH is 1. The number of carbonyl (C=O) groups is 5. The van der Waals surface area contributed by atoms with Gasteiger partial charge in [0.15, 0.2) is 0 Å². The first-order chi connectivity index (χ1) is 24.2. The fourth-order valence-corrected chi connectivity index (χ4v) is 6.05. The minimum Gasteiger partial charge on any atom is -0.387 e. The summed E-state index contributed by atoms with van der Waals surface area (Å²) in [5.41, 5.74) is 9.51. The second-order valence-electron chi connectivity index (χ2n) is 13.3. The lowest BCUT2D eigenvalue weighted by molar-refractivity contribution is -0.141. The molecule has 4 rings (SSSR count). The van der Waals surface area contributed by atoms with Crippen LogP contribution in [0.2, 0.25) is 0 Å². The molecule has 0 saturated heterocycles. The monoisotopic (exact) mass is 700 g/mol. The number of amides is 5. The molecule has 0 bridgehead atoms. The largest absolute Gasteiger partial charge is 0.387 e. The Labute approximate surface area is 296 Å². The first kappa shape index (κ1) is 38.4. The van der Waals surface area contributed by atoms with Crippen molar-refractivity contribution in [1.29, 1.82) is 0 Å². The van der Waals surface area contributed by atoms with Crippen LogP contribution in [-0.4, -0.2) is 87.8 Å². The number of aliphatic hydroxyl groups is 1. The van der Waals surface area contributed by atoms with Gasteiger partial charge in [0.05, 0.1) is 12.1 Å². The molecule has 13 heteroatoms. The van der Waals surface area contributed by atoms with Crippen LogP contribution in [0.1, 0.15) is 50.1 Å². The summed E-state index contributed by atoms with van der Waals surface area (Å²) < 4.78 is 16.5. The molecule has 51 heavy (non-hydrogen) atoms. The summed E-state index contributed by atoms with van der Waals surface area (Å²) >= 11 is 0. The molecule has 1 aliphatic heterocycles. The van der Waals surface area contributed by atoms with Crippen molar-refractivity contribution in [3.05, 3.63) is 102 Å². The average Bonchev–Trinajstić information content (AvgIpc) is 3.65. The normalized spacial score (nSPS) is 14.0. The zero-order valence-electron chi connectivity index (χ0n) is 29.1. The number of aromatic nitrogens is 1. The van der Waals surface area contributed by atoms with Gasteiger partial charge in [0.2, 0.25) is 17.7 Å². The molecule has 0 radical (unpaired) electrons. The van der Waals surface area contributed by atoms with Crippen molar-refractivity contribution in [1.82, 2.24) is 25.0 Å². The Bertz CT molecular complexity index is 1780. The molecule has 270 valence electrons. The third kappa shape index (κ3) is 9.86. The highest BCUT2D eigenvalue weighted by atomic mass is 19.1. The number of halogens is 1. The SMILES string of the molecule is C=Cc1ccc(F)cc1-c1cc([C@H](N(CC[C@H](N)C(=O)NCCNC(=O)CN2C(=O)C=CC2=O)C(=O)CO)C(C)(C)C)n(Cc2ccccc2)c1. The van der Waals surface area contributed by atoms with Crippen molar-refractivity contribution in [3.63, 3.8) is 0 Å². The van der Waals surface area contributed by atoms with Crippen LogP contribution >= 0.6 is 0 Å². The minimum absolute atomic E-state index is 0.0295. The Hall–Kier alpha value is -5.40. The fourth-order valence-electron chi connectivity index (χ4n) is 6.05. The van der Waals surface area contributed by atoms with Gasteiger partial charge >= 0.3 is 0 Å². The Balaban J connectivity index is 1.52. The van der Waals surface area contributed by atoms with E-state index >= 15 is 0 Å². The number of imide groups is 1. The van der Waals surface area contributed by atoms with Crippen LogP contribution in [0.15, 0.2) is 79.5 Å². The first-order valence-electron chi connectivity index (χ1n) is 16.6. The maximum absolute atomic E-state index is 14.5. The van der Waals surface area contributed by atoms with Gasteiger partial charge in [-0.3, -0.25) is 28.9 Å². The maximum Gasteiger partial charge on any atom is 0.254 e. The second kappa shape index (κ2) is 17.0. The van der Waals surface area contributed by atoms with E-state index in [1.54, 1.807) is 12.1 Å². The summed E-state index contributed by atoms with van der Waals surface area (Å²) in [4.78, 5) is 64.2. The van der Waals surface area contributed by atoms with Gasteiger partial charge in [0, 0.05) is 55.8 Å². The molecule has 0 saturated carbocycles. The van der Waals surface area contributed by atoms with Crippen molar-refractivity contribution in [3.8, 4) is 11.1 Å². The van der Waals surface area contributed by atoms with Gasteiger partial charge in [-0.1, -0.05) is 69.8 Å². The van der Waals surface area contributed by atoms with Crippen LogP contribution in [-0.2, 0) is 30.5 Å². The highest BCUT2D eigenvalue weighted by Gasteiger charge is 2.37. The number of nitrogens with one attached hydrogen (secondary N) is 2. The Morgan fingerprint density at radius 3 is 2.31 bits per heavy atom. The third-order valence-electron chi connectivity index (χ3n) is 8.51. The number of hydrogen-bond acceptors (Lipinski definition) is 7. The highest BCUT2D eigenvalue weighted by Crippen LogP contribution is 2.41. The molecule has 1 aliphatic rings. The lowest BCUT2D eigenvalue weighted by Gasteiger charge is -2.41. The van der Waals surface area contributed by atoms with Crippen molar-refractivity contribution in [2.75, 3.05) is 32.8 Å². The van der Waals surface area contributed by atoms with E-state index in [1.165, 1.54) is 17.0 Å². The Morgan fingerprint density at radius 2 is 1.69 bits per heavy atom. The topological polar surface area (TPSA) is 167 Å². The number of rotatable bonds is 16. The third-order valence-corrected chi connectivity index (χ3v) is 8.51. The summed E-state index contributed by atoms with van der Waals surface area (Å²) in [6.07, 6.45) is 5.80. The number of nitrogens with two attached hydrogens (primary N) is 1. The van der Waals surface area contributed by atoms with E-state index in [0.29, 0.717) is 12.1 Å². The van der Waals surface area contributed by atoms with Crippen molar-refractivity contribution >= 4 is 35.6 Å². The molecule has 0 fully saturated rings. The number of nitrogens with zero attached hydrogens (tertiary/aromatic N) is 3. The summed E-state index contributed by atoms with van der Waals surface area (Å²) in [6.45, 7) is 9.14. The lowest BCUT2D eigenvalue weighted by atomic mass is 9.82. The van der Waals surface area contributed by atoms with Crippen LogP contribution < -0.4 is 16.4 Å². The van der Waals surface area contributed by atoms with Gasteiger partial charge in [0.25, 0.3) is 11.8 Å². The molecule has 2 heterocycles. The standard InChI is InChI=1S/C38H45FN6O6/c1-5-26-11-12-28(39)20-29(26)27-19-31(43(22-27)21-25-9-7-6-8-10-25)36(38(2,3)4)44(35(50)24-46)18-15-30(40)37(51)42-17-16-41-32(47)23-45-33(48)13-14-34(45)49/h5-14,19-20,22,30,36,46H,1,15-18,21,23-24,40H2,2-4H3,(H,41,47)(H,42,51)/t30-,36-/m0/s1. The Morgan fingerprint density at radius 1 is 1.02 bits per heavy atom. The molecule has 5 amide bonds. The van der Waals surface area contributed by atoms with Crippen LogP contribution in [0.5, 0.6) is 0 Å². The van der Waals surface area contributed by atoms with Gasteiger partial charge in [-0.25, -0.2) is 4.39 Å². The molecule has 0 spiro atoms.